The number of hydrogen-bond donors (Lipinski definition) is 1. The van der Waals surface area contributed by atoms with Gasteiger partial charge in [0.05, 0.1) is 5.75 Å². The van der Waals surface area contributed by atoms with Crippen molar-refractivity contribution in [3.63, 3.8) is 0 Å². The van der Waals surface area contributed by atoms with Crippen molar-refractivity contribution in [2.24, 2.45) is 0 Å². The van der Waals surface area contributed by atoms with E-state index in [1.54, 1.807) is 6.33 Å². The van der Waals surface area contributed by atoms with E-state index in [0.717, 1.165) is 10.7 Å². The highest BCUT2D eigenvalue weighted by molar-refractivity contribution is 7.99. The fraction of sp³-hybridized carbons (Fsp3) is 0.389. The first-order valence-electron chi connectivity index (χ1n) is 9.01. The summed E-state index contributed by atoms with van der Waals surface area (Å²) >= 11 is 2.84. The van der Waals surface area contributed by atoms with Crippen LogP contribution in [0.1, 0.15) is 43.0 Å². The summed E-state index contributed by atoms with van der Waals surface area (Å²) in [5.74, 6) is 0.624. The van der Waals surface area contributed by atoms with Crippen molar-refractivity contribution in [2.75, 3.05) is 11.1 Å². The number of aromatic nitrogens is 5. The maximum absolute atomic E-state index is 12.3. The lowest BCUT2D eigenvalue weighted by molar-refractivity contribution is -0.113. The number of carbonyl (C=O) groups excluding carboxylic acids is 1. The molecule has 1 N–H and O–H groups in total. The minimum Gasteiger partial charge on any atom is -0.300 e. The molecule has 2 aromatic heterocycles. The van der Waals surface area contributed by atoms with Crippen molar-refractivity contribution in [3.8, 4) is 5.69 Å². The van der Waals surface area contributed by atoms with Crippen LogP contribution in [0.25, 0.3) is 5.69 Å². The molecule has 3 aromatic rings. The molecule has 1 aliphatic carbocycles. The molecule has 2 heterocycles. The van der Waals surface area contributed by atoms with Crippen LogP contribution in [0.4, 0.5) is 5.13 Å². The summed E-state index contributed by atoms with van der Waals surface area (Å²) in [6, 6.07) is 9.81. The maximum Gasteiger partial charge on any atom is 0.236 e. The summed E-state index contributed by atoms with van der Waals surface area (Å²) in [7, 11) is 0. The standard InChI is InChI=1S/C18H20N6OS2/c25-15(20-17-22-21-16(27-17)13-7-3-1-4-8-13)11-26-18-23-19-12-24(18)14-9-5-2-6-10-14/h2,5-6,9-10,12-13H,1,3-4,7-8,11H2,(H,20,22,25). The number of rotatable bonds is 6. The zero-order valence-corrected chi connectivity index (χ0v) is 16.4. The van der Waals surface area contributed by atoms with E-state index in [1.165, 1.54) is 55.2 Å². The summed E-state index contributed by atoms with van der Waals surface area (Å²) in [6.07, 6.45) is 7.82. The Morgan fingerprint density at radius 3 is 2.78 bits per heavy atom. The molecule has 1 aliphatic rings. The lowest BCUT2D eigenvalue weighted by atomic mass is 9.90. The predicted molar refractivity (Wildman–Crippen MR) is 106 cm³/mol. The summed E-state index contributed by atoms with van der Waals surface area (Å²) in [6.45, 7) is 0. The van der Waals surface area contributed by atoms with Gasteiger partial charge in [-0.3, -0.25) is 14.7 Å². The van der Waals surface area contributed by atoms with Gasteiger partial charge in [0.2, 0.25) is 11.0 Å². The number of amides is 1. The molecular weight excluding hydrogens is 380 g/mol. The summed E-state index contributed by atoms with van der Waals surface area (Å²) in [4.78, 5) is 12.3. The fourth-order valence-corrected chi connectivity index (χ4v) is 4.83. The van der Waals surface area contributed by atoms with Crippen molar-refractivity contribution < 1.29 is 4.79 Å². The first-order valence-corrected chi connectivity index (χ1v) is 10.8. The van der Waals surface area contributed by atoms with Gasteiger partial charge in [-0.05, 0) is 25.0 Å². The van der Waals surface area contributed by atoms with Gasteiger partial charge in [-0.25, -0.2) is 0 Å². The third-order valence-electron chi connectivity index (χ3n) is 4.52. The van der Waals surface area contributed by atoms with Crippen LogP contribution in [0.2, 0.25) is 0 Å². The van der Waals surface area contributed by atoms with Crippen molar-refractivity contribution in [1.82, 2.24) is 25.0 Å². The zero-order chi connectivity index (χ0) is 18.5. The predicted octanol–water partition coefficient (Wildman–Crippen LogP) is 3.90. The molecule has 7 nitrogen and oxygen atoms in total. The number of thioether (sulfide) groups is 1. The van der Waals surface area contributed by atoms with Gasteiger partial charge in [-0.1, -0.05) is 60.6 Å². The second-order valence-electron chi connectivity index (χ2n) is 6.44. The number of nitrogens with one attached hydrogen (secondary N) is 1. The molecule has 9 heteroatoms. The minimum atomic E-state index is -0.117. The summed E-state index contributed by atoms with van der Waals surface area (Å²) in [5.41, 5.74) is 0.964. The van der Waals surface area contributed by atoms with Gasteiger partial charge in [0.25, 0.3) is 0 Å². The molecule has 4 rings (SSSR count). The largest absolute Gasteiger partial charge is 0.300 e. The SMILES string of the molecule is O=C(CSc1nncn1-c1ccccc1)Nc1nnc(C2CCCCC2)s1. The second-order valence-corrected chi connectivity index (χ2v) is 8.39. The molecule has 0 bridgehead atoms. The molecule has 1 saturated carbocycles. The Bertz CT molecular complexity index is 888. The number of carbonyl (C=O) groups is 1. The zero-order valence-electron chi connectivity index (χ0n) is 14.7. The fourth-order valence-electron chi connectivity index (χ4n) is 3.17. The van der Waals surface area contributed by atoms with E-state index in [2.05, 4.69) is 25.7 Å². The van der Waals surface area contributed by atoms with Gasteiger partial charge in [0.15, 0.2) is 5.16 Å². The Hall–Kier alpha value is -2.26. The smallest absolute Gasteiger partial charge is 0.236 e. The molecule has 0 atom stereocenters. The molecule has 0 unspecified atom stereocenters. The molecule has 1 fully saturated rings. The van der Waals surface area contributed by atoms with Crippen molar-refractivity contribution in [3.05, 3.63) is 41.7 Å². The molecule has 0 radical (unpaired) electrons. The van der Waals surface area contributed by atoms with Crippen LogP contribution in [0, 0.1) is 0 Å². The minimum absolute atomic E-state index is 0.117. The number of para-hydroxylation sites is 1. The highest BCUT2D eigenvalue weighted by Gasteiger charge is 2.20. The third kappa shape index (κ3) is 4.54. The van der Waals surface area contributed by atoms with Crippen LogP contribution >= 0.6 is 23.1 Å². The van der Waals surface area contributed by atoms with E-state index in [9.17, 15) is 4.79 Å². The van der Waals surface area contributed by atoms with Crippen LogP contribution in [-0.4, -0.2) is 36.6 Å². The molecule has 1 aromatic carbocycles. The normalized spacial score (nSPS) is 15.0. The van der Waals surface area contributed by atoms with Gasteiger partial charge >= 0.3 is 0 Å². The van der Waals surface area contributed by atoms with Crippen LogP contribution in [0.15, 0.2) is 41.8 Å². The molecule has 0 aliphatic heterocycles. The lowest BCUT2D eigenvalue weighted by Gasteiger charge is -2.18. The third-order valence-corrected chi connectivity index (χ3v) is 6.47. The average molecular weight is 401 g/mol. The number of benzene rings is 1. The highest BCUT2D eigenvalue weighted by atomic mass is 32.2. The Morgan fingerprint density at radius 1 is 1.15 bits per heavy atom. The average Bonchev–Trinajstić information content (AvgIpc) is 3.37. The summed E-state index contributed by atoms with van der Waals surface area (Å²) in [5, 5.41) is 21.6. The Balaban J connectivity index is 1.33. The van der Waals surface area contributed by atoms with Gasteiger partial charge in [0, 0.05) is 11.6 Å². The number of hydrogen-bond acceptors (Lipinski definition) is 7. The summed E-state index contributed by atoms with van der Waals surface area (Å²) < 4.78 is 1.87. The number of anilines is 1. The van der Waals surface area contributed by atoms with Crippen molar-refractivity contribution >= 4 is 34.1 Å². The first kappa shape index (κ1) is 18.1. The van der Waals surface area contributed by atoms with E-state index in [0.29, 0.717) is 16.2 Å². The quantitative estimate of drug-likeness (QED) is 0.632. The van der Waals surface area contributed by atoms with Crippen molar-refractivity contribution in [2.45, 2.75) is 43.2 Å². The van der Waals surface area contributed by atoms with Crippen LogP contribution in [0.3, 0.4) is 0 Å². The molecule has 27 heavy (non-hydrogen) atoms. The van der Waals surface area contributed by atoms with Crippen molar-refractivity contribution in [1.29, 1.82) is 0 Å². The molecule has 140 valence electrons. The second kappa shape index (κ2) is 8.62. The topological polar surface area (TPSA) is 85.6 Å². The maximum atomic E-state index is 12.3. The van der Waals surface area contributed by atoms with E-state index in [1.807, 2.05) is 34.9 Å². The van der Waals surface area contributed by atoms with Gasteiger partial charge < -0.3 is 0 Å². The van der Waals surface area contributed by atoms with E-state index < -0.39 is 0 Å². The monoisotopic (exact) mass is 400 g/mol. The van der Waals surface area contributed by atoms with Gasteiger partial charge in [-0.2, -0.15) is 0 Å². The Kier molecular flexibility index (Phi) is 5.78. The Morgan fingerprint density at radius 2 is 1.96 bits per heavy atom. The molecule has 0 saturated heterocycles. The van der Waals surface area contributed by atoms with Crippen LogP contribution in [-0.2, 0) is 4.79 Å². The van der Waals surface area contributed by atoms with Crippen LogP contribution < -0.4 is 5.32 Å². The first-order chi connectivity index (χ1) is 13.3. The molecule has 0 spiro atoms. The Labute approximate surface area is 165 Å². The van der Waals surface area contributed by atoms with Gasteiger partial charge in [0.1, 0.15) is 11.3 Å². The highest BCUT2D eigenvalue weighted by Crippen LogP contribution is 2.35. The van der Waals surface area contributed by atoms with E-state index in [-0.39, 0.29) is 11.7 Å². The lowest BCUT2D eigenvalue weighted by Crippen LogP contribution is -2.14. The van der Waals surface area contributed by atoms with E-state index >= 15 is 0 Å². The van der Waals surface area contributed by atoms with E-state index in [4.69, 9.17) is 0 Å². The molecular formula is C18H20N6OS2. The van der Waals surface area contributed by atoms with Crippen LogP contribution in [0.5, 0.6) is 0 Å². The number of nitrogens with zero attached hydrogens (tertiary/aromatic N) is 5. The van der Waals surface area contributed by atoms with Gasteiger partial charge in [-0.15, -0.1) is 20.4 Å². The molecule has 1 amide bonds.